The second-order valence-corrected chi connectivity index (χ2v) is 5.25. The molecule has 0 heterocycles. The minimum Gasteiger partial charge on any atom is -0.492 e. The molecule has 1 aliphatic rings. The zero-order valence-corrected chi connectivity index (χ0v) is 12.1. The first-order chi connectivity index (χ1) is 9.01. The van der Waals surface area contributed by atoms with E-state index in [0.717, 1.165) is 0 Å². The first kappa shape index (κ1) is 13.9. The monoisotopic (exact) mass is 328 g/mol. The summed E-state index contributed by atoms with van der Waals surface area (Å²) in [6.45, 7) is 0. The van der Waals surface area contributed by atoms with E-state index >= 15 is 0 Å². The number of aldehydes is 1. The molecule has 1 saturated carbocycles. The molecule has 5 nitrogen and oxygen atoms in total. The lowest BCUT2D eigenvalue weighted by atomic mass is 9.93. The van der Waals surface area contributed by atoms with Gasteiger partial charge < -0.3 is 14.6 Å². The van der Waals surface area contributed by atoms with E-state index in [1.165, 1.54) is 14.2 Å². The summed E-state index contributed by atoms with van der Waals surface area (Å²) in [6.07, 6.45) is 1.73. The molecule has 0 aromatic heterocycles. The molecule has 1 aromatic carbocycles. The smallest absolute Gasteiger partial charge is 0.314 e. The van der Waals surface area contributed by atoms with Crippen molar-refractivity contribution in [3.63, 3.8) is 0 Å². The molecule has 102 valence electrons. The van der Waals surface area contributed by atoms with E-state index in [0.29, 0.717) is 40.5 Å². The highest BCUT2D eigenvalue weighted by Crippen LogP contribution is 2.56. The van der Waals surface area contributed by atoms with Crippen LogP contribution in [-0.2, 0) is 10.2 Å². The molecule has 1 aliphatic carbocycles. The van der Waals surface area contributed by atoms with E-state index in [-0.39, 0.29) is 5.75 Å². The molecule has 0 spiro atoms. The number of carboxylic acid groups (broad SMARTS) is 1. The van der Waals surface area contributed by atoms with Crippen LogP contribution in [0.25, 0.3) is 0 Å². The molecular formula is C13H13BrO5. The Labute approximate surface area is 118 Å². The topological polar surface area (TPSA) is 72.8 Å². The highest BCUT2D eigenvalue weighted by atomic mass is 79.9. The van der Waals surface area contributed by atoms with Crippen molar-refractivity contribution < 1.29 is 24.2 Å². The van der Waals surface area contributed by atoms with Gasteiger partial charge in [-0.25, -0.2) is 0 Å². The quantitative estimate of drug-likeness (QED) is 0.840. The Kier molecular flexibility index (Phi) is 3.54. The number of halogens is 1. The normalized spacial score (nSPS) is 15.7. The third-order valence-corrected chi connectivity index (χ3v) is 4.02. The third kappa shape index (κ3) is 2.00. The molecule has 0 radical (unpaired) electrons. The van der Waals surface area contributed by atoms with Gasteiger partial charge in [0.25, 0.3) is 0 Å². The van der Waals surface area contributed by atoms with Crippen molar-refractivity contribution in [2.45, 2.75) is 18.3 Å². The fourth-order valence-electron chi connectivity index (χ4n) is 2.26. The molecule has 1 aromatic rings. The van der Waals surface area contributed by atoms with Crippen LogP contribution in [0.2, 0.25) is 0 Å². The molecule has 0 atom stereocenters. The number of methoxy groups -OCH3 is 2. The van der Waals surface area contributed by atoms with Gasteiger partial charge in [0.05, 0.1) is 25.2 Å². The molecule has 19 heavy (non-hydrogen) atoms. The fraction of sp³-hybridized carbons (Fsp3) is 0.385. The zero-order chi connectivity index (χ0) is 14.2. The van der Waals surface area contributed by atoms with Gasteiger partial charge in [-0.15, -0.1) is 0 Å². The van der Waals surface area contributed by atoms with Gasteiger partial charge in [0.2, 0.25) is 0 Å². The van der Waals surface area contributed by atoms with Crippen LogP contribution in [0.3, 0.4) is 0 Å². The van der Waals surface area contributed by atoms with E-state index in [4.69, 9.17) is 9.47 Å². The SMILES string of the molecule is COc1c(C=O)cc(Br)c(C2(C(=O)O)CC2)c1OC. The number of rotatable bonds is 5. The van der Waals surface area contributed by atoms with Crippen molar-refractivity contribution in [3.8, 4) is 11.5 Å². The second kappa shape index (κ2) is 4.85. The van der Waals surface area contributed by atoms with Crippen molar-refractivity contribution in [2.24, 2.45) is 0 Å². The molecule has 0 aliphatic heterocycles. The van der Waals surface area contributed by atoms with Gasteiger partial charge in [0.15, 0.2) is 17.8 Å². The van der Waals surface area contributed by atoms with Crippen molar-refractivity contribution in [1.29, 1.82) is 0 Å². The summed E-state index contributed by atoms with van der Waals surface area (Å²) < 4.78 is 11.0. The van der Waals surface area contributed by atoms with Gasteiger partial charge in [-0.3, -0.25) is 9.59 Å². The van der Waals surface area contributed by atoms with Crippen molar-refractivity contribution in [3.05, 3.63) is 21.7 Å². The summed E-state index contributed by atoms with van der Waals surface area (Å²) in [6, 6.07) is 1.56. The summed E-state index contributed by atoms with van der Waals surface area (Å²) in [5.74, 6) is -0.325. The lowest BCUT2D eigenvalue weighted by molar-refractivity contribution is -0.140. The van der Waals surface area contributed by atoms with Gasteiger partial charge in [-0.2, -0.15) is 0 Å². The van der Waals surface area contributed by atoms with Crippen LogP contribution in [0.5, 0.6) is 11.5 Å². The highest BCUT2D eigenvalue weighted by molar-refractivity contribution is 9.10. The van der Waals surface area contributed by atoms with E-state index in [2.05, 4.69) is 15.9 Å². The predicted octanol–water partition coefficient (Wildman–Crippen LogP) is 2.40. The summed E-state index contributed by atoms with van der Waals surface area (Å²) in [5, 5.41) is 9.40. The number of benzene rings is 1. The van der Waals surface area contributed by atoms with Crippen LogP contribution in [0, 0.1) is 0 Å². The highest BCUT2D eigenvalue weighted by Gasteiger charge is 2.55. The molecule has 0 saturated heterocycles. The number of aliphatic carboxylic acids is 1. The van der Waals surface area contributed by atoms with E-state index in [9.17, 15) is 14.7 Å². The fourth-order valence-corrected chi connectivity index (χ4v) is 3.07. The Morgan fingerprint density at radius 2 is 1.95 bits per heavy atom. The minimum atomic E-state index is -0.946. The Morgan fingerprint density at radius 1 is 1.37 bits per heavy atom. The number of ether oxygens (including phenoxy) is 2. The number of carboxylic acids is 1. The van der Waals surface area contributed by atoms with Crippen LogP contribution < -0.4 is 9.47 Å². The maximum atomic E-state index is 11.5. The number of carbonyl (C=O) groups is 2. The molecular weight excluding hydrogens is 316 g/mol. The van der Waals surface area contributed by atoms with E-state index < -0.39 is 11.4 Å². The second-order valence-electron chi connectivity index (χ2n) is 4.39. The van der Waals surface area contributed by atoms with Crippen molar-refractivity contribution in [1.82, 2.24) is 0 Å². The Bertz CT molecular complexity index is 548. The summed E-state index contributed by atoms with van der Waals surface area (Å²) >= 11 is 3.33. The average Bonchev–Trinajstić information content (AvgIpc) is 3.18. The molecule has 0 amide bonds. The van der Waals surface area contributed by atoms with Gasteiger partial charge >= 0.3 is 5.97 Å². The summed E-state index contributed by atoms with van der Waals surface area (Å²) in [4.78, 5) is 22.5. The lowest BCUT2D eigenvalue weighted by Crippen LogP contribution is -2.21. The lowest BCUT2D eigenvalue weighted by Gasteiger charge is -2.20. The zero-order valence-electron chi connectivity index (χ0n) is 10.5. The average molecular weight is 329 g/mol. The molecule has 0 bridgehead atoms. The van der Waals surface area contributed by atoms with Gasteiger partial charge in [-0.1, -0.05) is 15.9 Å². The van der Waals surface area contributed by atoms with Crippen molar-refractivity contribution in [2.75, 3.05) is 14.2 Å². The predicted molar refractivity (Wildman–Crippen MR) is 71.2 cm³/mol. The largest absolute Gasteiger partial charge is 0.492 e. The number of hydrogen-bond acceptors (Lipinski definition) is 4. The third-order valence-electron chi connectivity index (χ3n) is 3.39. The summed E-state index contributed by atoms with van der Waals surface area (Å²) in [7, 11) is 2.85. The van der Waals surface area contributed by atoms with Gasteiger partial charge in [0, 0.05) is 10.0 Å². The molecule has 1 fully saturated rings. The Balaban J connectivity index is 2.74. The van der Waals surface area contributed by atoms with Gasteiger partial charge in [-0.05, 0) is 18.9 Å². The Hall–Kier alpha value is -1.56. The maximum Gasteiger partial charge on any atom is 0.314 e. The van der Waals surface area contributed by atoms with Crippen LogP contribution in [0.1, 0.15) is 28.8 Å². The molecule has 0 unspecified atom stereocenters. The van der Waals surface area contributed by atoms with Crippen LogP contribution in [0.4, 0.5) is 0 Å². The molecule has 6 heteroatoms. The molecule has 1 N–H and O–H groups in total. The maximum absolute atomic E-state index is 11.5. The van der Waals surface area contributed by atoms with Crippen LogP contribution >= 0.6 is 15.9 Å². The molecule has 2 rings (SSSR count). The standard InChI is InChI=1S/C13H13BrO5/c1-18-10-7(6-15)5-8(14)9(11(10)19-2)13(3-4-13)12(16)17/h5-6H,3-4H2,1-2H3,(H,16,17). The number of hydrogen-bond donors (Lipinski definition) is 1. The summed E-state index contributed by atoms with van der Waals surface area (Å²) in [5.41, 5.74) is -0.0973. The van der Waals surface area contributed by atoms with Crippen LogP contribution in [0.15, 0.2) is 10.5 Å². The van der Waals surface area contributed by atoms with E-state index in [1.807, 2.05) is 0 Å². The van der Waals surface area contributed by atoms with E-state index in [1.54, 1.807) is 6.07 Å². The van der Waals surface area contributed by atoms with Crippen LogP contribution in [-0.4, -0.2) is 31.6 Å². The Morgan fingerprint density at radius 3 is 2.32 bits per heavy atom. The first-order valence-corrected chi connectivity index (χ1v) is 6.44. The number of carbonyl (C=O) groups excluding carboxylic acids is 1. The van der Waals surface area contributed by atoms with Crippen molar-refractivity contribution >= 4 is 28.2 Å². The van der Waals surface area contributed by atoms with Gasteiger partial charge in [0.1, 0.15) is 0 Å². The minimum absolute atomic E-state index is 0.267. The first-order valence-electron chi connectivity index (χ1n) is 5.65.